The summed E-state index contributed by atoms with van der Waals surface area (Å²) in [6, 6.07) is -0.399. The number of imide groups is 1. The quantitative estimate of drug-likeness (QED) is 0.784. The third-order valence-corrected chi connectivity index (χ3v) is 3.41. The van der Waals surface area contributed by atoms with Crippen molar-refractivity contribution in [2.75, 3.05) is 17.2 Å². The summed E-state index contributed by atoms with van der Waals surface area (Å²) >= 11 is 3.35. The van der Waals surface area contributed by atoms with Gasteiger partial charge in [0.2, 0.25) is 11.8 Å². The molecule has 1 aliphatic heterocycles. The number of carbonyl (C=O) groups excluding carboxylic acids is 2. The van der Waals surface area contributed by atoms with Gasteiger partial charge < -0.3 is 10.6 Å². The number of carbonyl (C=O) groups is 2. The van der Waals surface area contributed by atoms with Crippen LogP contribution in [0.2, 0.25) is 0 Å². The number of rotatable bonds is 2. The molecule has 2 amide bonds. The highest BCUT2D eigenvalue weighted by molar-refractivity contribution is 9.10. The Hall–Kier alpha value is -1.63. The van der Waals surface area contributed by atoms with Crippen molar-refractivity contribution in [3.8, 4) is 0 Å². The maximum atomic E-state index is 11.8. The molecule has 1 atom stereocenters. The van der Waals surface area contributed by atoms with Crippen LogP contribution >= 0.6 is 15.9 Å². The van der Waals surface area contributed by atoms with Crippen LogP contribution in [0, 0.1) is 0 Å². The standard InChI is InChI=1S/C11H13BrN4O2/c1-2-8-11(18)15-9(17)5-16(8)10-6(12)3-14-4-7(10)13/h3-4,8H,2,5,13H2,1H3,(H,15,17,18). The predicted octanol–water partition coefficient (Wildman–Crippen LogP) is 0.668. The number of nitrogens with zero attached hydrogens (tertiary/aromatic N) is 2. The van der Waals surface area contributed by atoms with Crippen LogP contribution in [0.1, 0.15) is 13.3 Å². The van der Waals surface area contributed by atoms with Gasteiger partial charge in [0.1, 0.15) is 6.04 Å². The summed E-state index contributed by atoms with van der Waals surface area (Å²) in [4.78, 5) is 28.9. The molecule has 96 valence electrons. The number of aromatic nitrogens is 1. The highest BCUT2D eigenvalue weighted by Crippen LogP contribution is 2.33. The minimum atomic E-state index is -0.399. The van der Waals surface area contributed by atoms with Crippen molar-refractivity contribution in [1.29, 1.82) is 0 Å². The first-order valence-corrected chi connectivity index (χ1v) is 6.33. The highest BCUT2D eigenvalue weighted by atomic mass is 79.9. The topological polar surface area (TPSA) is 88.3 Å². The van der Waals surface area contributed by atoms with Crippen LogP contribution in [0.3, 0.4) is 0 Å². The van der Waals surface area contributed by atoms with E-state index in [1.165, 1.54) is 6.20 Å². The Morgan fingerprint density at radius 2 is 2.28 bits per heavy atom. The Morgan fingerprint density at radius 3 is 2.89 bits per heavy atom. The second-order valence-electron chi connectivity index (χ2n) is 4.02. The molecule has 6 nitrogen and oxygen atoms in total. The fraction of sp³-hybridized carbons (Fsp3) is 0.364. The fourth-order valence-corrected chi connectivity index (χ4v) is 2.63. The van der Waals surface area contributed by atoms with Gasteiger partial charge in [0.25, 0.3) is 0 Å². The molecule has 1 aliphatic rings. The summed E-state index contributed by atoms with van der Waals surface area (Å²) in [5.41, 5.74) is 6.96. The number of piperazine rings is 1. The summed E-state index contributed by atoms with van der Waals surface area (Å²) in [5, 5.41) is 2.33. The first kappa shape index (κ1) is 12.8. The van der Waals surface area contributed by atoms with Gasteiger partial charge in [-0.1, -0.05) is 6.92 Å². The zero-order chi connectivity index (χ0) is 13.3. The number of amides is 2. The fourth-order valence-electron chi connectivity index (χ4n) is 2.05. The van der Waals surface area contributed by atoms with Crippen molar-refractivity contribution in [3.63, 3.8) is 0 Å². The third kappa shape index (κ3) is 2.17. The molecular weight excluding hydrogens is 300 g/mol. The number of hydrogen-bond acceptors (Lipinski definition) is 5. The minimum Gasteiger partial charge on any atom is -0.396 e. The molecule has 0 radical (unpaired) electrons. The van der Waals surface area contributed by atoms with Crippen LogP contribution in [0.5, 0.6) is 0 Å². The SMILES string of the molecule is CCC1C(=O)NC(=O)CN1c1c(N)cncc1Br. The van der Waals surface area contributed by atoms with Crippen LogP contribution < -0.4 is 16.0 Å². The molecule has 1 unspecified atom stereocenters. The van der Waals surface area contributed by atoms with Crippen LogP contribution in [0.25, 0.3) is 0 Å². The molecule has 1 aromatic heterocycles. The highest BCUT2D eigenvalue weighted by Gasteiger charge is 2.34. The second kappa shape index (κ2) is 4.93. The first-order valence-electron chi connectivity index (χ1n) is 5.54. The van der Waals surface area contributed by atoms with Gasteiger partial charge in [-0.3, -0.25) is 19.9 Å². The Morgan fingerprint density at radius 1 is 1.56 bits per heavy atom. The van der Waals surface area contributed by atoms with Crippen molar-refractivity contribution >= 4 is 39.1 Å². The van der Waals surface area contributed by atoms with Gasteiger partial charge in [-0.05, 0) is 22.4 Å². The van der Waals surface area contributed by atoms with E-state index in [1.54, 1.807) is 11.1 Å². The Balaban J connectivity index is 2.46. The molecule has 0 saturated carbocycles. The Kier molecular flexibility index (Phi) is 3.51. The maximum absolute atomic E-state index is 11.8. The van der Waals surface area contributed by atoms with Crippen molar-refractivity contribution in [3.05, 3.63) is 16.9 Å². The van der Waals surface area contributed by atoms with E-state index in [1.807, 2.05) is 6.92 Å². The van der Waals surface area contributed by atoms with Gasteiger partial charge in [-0.2, -0.15) is 0 Å². The molecule has 1 saturated heterocycles. The lowest BCUT2D eigenvalue weighted by Gasteiger charge is -2.36. The van der Waals surface area contributed by atoms with E-state index >= 15 is 0 Å². The van der Waals surface area contributed by atoms with Crippen LogP contribution in [0.4, 0.5) is 11.4 Å². The summed E-state index contributed by atoms with van der Waals surface area (Å²) in [6.07, 6.45) is 3.69. The van der Waals surface area contributed by atoms with Gasteiger partial charge in [-0.25, -0.2) is 0 Å². The van der Waals surface area contributed by atoms with Gasteiger partial charge in [-0.15, -0.1) is 0 Å². The van der Waals surface area contributed by atoms with Crippen molar-refractivity contribution in [1.82, 2.24) is 10.3 Å². The molecule has 1 aromatic rings. The second-order valence-corrected chi connectivity index (χ2v) is 4.88. The molecule has 0 aromatic carbocycles. The number of nitrogen functional groups attached to an aromatic ring is 1. The zero-order valence-corrected chi connectivity index (χ0v) is 11.4. The molecule has 18 heavy (non-hydrogen) atoms. The minimum absolute atomic E-state index is 0.108. The summed E-state index contributed by atoms with van der Waals surface area (Å²) in [5.74, 6) is -0.621. The third-order valence-electron chi connectivity index (χ3n) is 2.83. The molecule has 2 rings (SSSR count). The van der Waals surface area contributed by atoms with E-state index in [0.29, 0.717) is 22.3 Å². The van der Waals surface area contributed by atoms with Gasteiger partial charge in [0.05, 0.1) is 28.6 Å². The van der Waals surface area contributed by atoms with Gasteiger partial charge in [0, 0.05) is 6.20 Å². The van der Waals surface area contributed by atoms with Crippen molar-refractivity contribution in [2.24, 2.45) is 0 Å². The van der Waals surface area contributed by atoms with Crippen molar-refractivity contribution in [2.45, 2.75) is 19.4 Å². The molecule has 7 heteroatoms. The number of hydrogen-bond donors (Lipinski definition) is 2. The van der Waals surface area contributed by atoms with E-state index in [9.17, 15) is 9.59 Å². The summed E-state index contributed by atoms with van der Waals surface area (Å²) in [6.45, 7) is 2.00. The van der Waals surface area contributed by atoms with Crippen LogP contribution in [-0.2, 0) is 9.59 Å². The smallest absolute Gasteiger partial charge is 0.249 e. The van der Waals surface area contributed by atoms with Crippen LogP contribution in [-0.4, -0.2) is 29.4 Å². The normalized spacial score (nSPS) is 19.9. The van der Waals surface area contributed by atoms with Crippen LogP contribution in [0.15, 0.2) is 16.9 Å². The monoisotopic (exact) mass is 312 g/mol. The molecule has 1 fully saturated rings. The van der Waals surface area contributed by atoms with Gasteiger partial charge >= 0.3 is 0 Å². The molecule has 0 aliphatic carbocycles. The number of nitrogens with one attached hydrogen (secondary N) is 1. The zero-order valence-electron chi connectivity index (χ0n) is 9.81. The lowest BCUT2D eigenvalue weighted by molar-refractivity contribution is -0.132. The molecule has 0 bridgehead atoms. The van der Waals surface area contributed by atoms with E-state index in [0.717, 1.165) is 0 Å². The van der Waals surface area contributed by atoms with E-state index in [2.05, 4.69) is 26.2 Å². The average molecular weight is 313 g/mol. The number of halogens is 1. The largest absolute Gasteiger partial charge is 0.396 e. The predicted molar refractivity (Wildman–Crippen MR) is 70.9 cm³/mol. The molecular formula is C11H13BrN4O2. The number of anilines is 2. The lowest BCUT2D eigenvalue weighted by atomic mass is 10.1. The van der Waals surface area contributed by atoms with E-state index < -0.39 is 6.04 Å². The Bertz CT molecular complexity index is 486. The number of pyridine rings is 1. The number of nitrogens with two attached hydrogens (primary N) is 1. The van der Waals surface area contributed by atoms with Crippen molar-refractivity contribution < 1.29 is 9.59 Å². The van der Waals surface area contributed by atoms with E-state index in [-0.39, 0.29) is 18.4 Å². The maximum Gasteiger partial charge on any atom is 0.249 e. The van der Waals surface area contributed by atoms with Gasteiger partial charge in [0.15, 0.2) is 0 Å². The Labute approximate surface area is 113 Å². The molecule has 0 spiro atoms. The molecule has 3 N–H and O–H groups in total. The summed E-state index contributed by atoms with van der Waals surface area (Å²) < 4.78 is 0.670. The first-order chi connectivity index (χ1) is 8.54. The average Bonchev–Trinajstić information content (AvgIpc) is 2.28. The summed E-state index contributed by atoms with van der Waals surface area (Å²) in [7, 11) is 0. The van der Waals surface area contributed by atoms with E-state index in [4.69, 9.17) is 5.73 Å². The molecule has 2 heterocycles. The lowest BCUT2D eigenvalue weighted by Crippen LogP contribution is -2.58.